The Morgan fingerprint density at radius 1 is 1.08 bits per heavy atom. The Bertz CT molecular complexity index is 284. The molecule has 1 rings (SSSR count). The zero-order valence-electron chi connectivity index (χ0n) is 7.89. The Morgan fingerprint density at radius 3 is 2.08 bits per heavy atom. The lowest BCUT2D eigenvalue weighted by Crippen LogP contribution is -2.14. The third kappa shape index (κ3) is 1.52. The molecule has 0 radical (unpaired) electrons. The summed E-state index contributed by atoms with van der Waals surface area (Å²) >= 11 is 0. The largest absolute Gasteiger partial charge is 0.397 e. The molecule has 1 aromatic carbocycles. The van der Waals surface area contributed by atoms with Gasteiger partial charge in [0.05, 0.1) is 11.4 Å². The van der Waals surface area contributed by atoms with Gasteiger partial charge in [0, 0.05) is 0 Å². The first-order valence-electron chi connectivity index (χ1n) is 4.07. The van der Waals surface area contributed by atoms with E-state index in [9.17, 15) is 0 Å². The lowest BCUT2D eigenvalue weighted by molar-refractivity contribution is 0.593. The van der Waals surface area contributed by atoms with Crippen LogP contribution in [0, 0.1) is 0 Å². The fourth-order valence-corrected chi connectivity index (χ4v) is 1.24. The summed E-state index contributed by atoms with van der Waals surface area (Å²) in [6.45, 7) is 6.37. The van der Waals surface area contributed by atoms with Crippen LogP contribution in [0.2, 0.25) is 0 Å². The molecule has 0 saturated heterocycles. The SMILES string of the molecule is CC(C)(C)c1cccc(N)c1N. The highest BCUT2D eigenvalue weighted by Gasteiger charge is 2.17. The van der Waals surface area contributed by atoms with Gasteiger partial charge in [-0.15, -0.1) is 0 Å². The Morgan fingerprint density at radius 2 is 1.67 bits per heavy atom. The van der Waals surface area contributed by atoms with Gasteiger partial charge in [0.1, 0.15) is 0 Å². The number of para-hydroxylation sites is 1. The minimum Gasteiger partial charge on any atom is -0.397 e. The van der Waals surface area contributed by atoms with Gasteiger partial charge in [-0.05, 0) is 17.0 Å². The molecule has 2 heteroatoms. The maximum absolute atomic E-state index is 5.84. The molecule has 0 aromatic heterocycles. The van der Waals surface area contributed by atoms with Gasteiger partial charge in [-0.1, -0.05) is 32.9 Å². The number of nitrogen functional groups attached to an aromatic ring is 2. The van der Waals surface area contributed by atoms with Crippen LogP contribution in [-0.2, 0) is 5.41 Å². The monoisotopic (exact) mass is 164 g/mol. The summed E-state index contributed by atoms with van der Waals surface area (Å²) in [6, 6.07) is 5.78. The minimum atomic E-state index is 0.0689. The van der Waals surface area contributed by atoms with Crippen molar-refractivity contribution in [3.63, 3.8) is 0 Å². The quantitative estimate of drug-likeness (QED) is 0.577. The van der Waals surface area contributed by atoms with Gasteiger partial charge in [-0.25, -0.2) is 0 Å². The normalized spacial score (nSPS) is 11.6. The molecule has 0 spiro atoms. The van der Waals surface area contributed by atoms with Crippen molar-refractivity contribution in [3.8, 4) is 0 Å². The van der Waals surface area contributed by atoms with Crippen molar-refractivity contribution >= 4 is 11.4 Å². The first-order valence-corrected chi connectivity index (χ1v) is 4.07. The molecule has 12 heavy (non-hydrogen) atoms. The van der Waals surface area contributed by atoms with Crippen LogP contribution in [0.15, 0.2) is 18.2 Å². The Hall–Kier alpha value is -1.18. The second-order valence-electron chi connectivity index (χ2n) is 4.06. The van der Waals surface area contributed by atoms with Crippen LogP contribution in [0.3, 0.4) is 0 Å². The molecule has 4 N–H and O–H groups in total. The highest BCUT2D eigenvalue weighted by molar-refractivity contribution is 5.68. The number of anilines is 2. The van der Waals surface area contributed by atoms with Gasteiger partial charge in [0.15, 0.2) is 0 Å². The fraction of sp³-hybridized carbons (Fsp3) is 0.400. The van der Waals surface area contributed by atoms with Gasteiger partial charge in [0.25, 0.3) is 0 Å². The molecule has 0 atom stereocenters. The van der Waals surface area contributed by atoms with Crippen molar-refractivity contribution in [3.05, 3.63) is 23.8 Å². The molecule has 0 aliphatic rings. The Kier molecular flexibility index (Phi) is 2.01. The van der Waals surface area contributed by atoms with E-state index in [0.717, 1.165) is 5.56 Å². The zero-order chi connectivity index (χ0) is 9.35. The maximum atomic E-state index is 5.84. The zero-order valence-corrected chi connectivity index (χ0v) is 7.89. The molecular formula is C10H16N2. The highest BCUT2D eigenvalue weighted by atomic mass is 14.7. The van der Waals surface area contributed by atoms with E-state index in [2.05, 4.69) is 20.8 Å². The smallest absolute Gasteiger partial charge is 0.0585 e. The van der Waals surface area contributed by atoms with Gasteiger partial charge >= 0.3 is 0 Å². The molecule has 0 saturated carbocycles. The first-order chi connectivity index (χ1) is 5.43. The first kappa shape index (κ1) is 8.91. The average Bonchev–Trinajstić information content (AvgIpc) is 1.92. The molecule has 1 aromatic rings. The topological polar surface area (TPSA) is 52.0 Å². The minimum absolute atomic E-state index is 0.0689. The van der Waals surface area contributed by atoms with Crippen molar-refractivity contribution in [2.45, 2.75) is 26.2 Å². The molecule has 66 valence electrons. The van der Waals surface area contributed by atoms with Gasteiger partial charge in [-0.3, -0.25) is 0 Å². The lowest BCUT2D eigenvalue weighted by atomic mass is 9.85. The molecule has 0 fully saturated rings. The van der Waals surface area contributed by atoms with E-state index in [4.69, 9.17) is 11.5 Å². The predicted octanol–water partition coefficient (Wildman–Crippen LogP) is 2.15. The number of rotatable bonds is 0. The third-order valence-electron chi connectivity index (χ3n) is 1.95. The van der Waals surface area contributed by atoms with Crippen molar-refractivity contribution in [1.82, 2.24) is 0 Å². The van der Waals surface area contributed by atoms with Crippen LogP contribution >= 0.6 is 0 Å². The summed E-state index contributed by atoms with van der Waals surface area (Å²) in [5, 5.41) is 0. The number of benzene rings is 1. The maximum Gasteiger partial charge on any atom is 0.0585 e. The second-order valence-corrected chi connectivity index (χ2v) is 4.06. The predicted molar refractivity (Wildman–Crippen MR) is 54.0 cm³/mol. The number of hydrogen-bond donors (Lipinski definition) is 2. The molecule has 0 heterocycles. The van der Waals surface area contributed by atoms with E-state index >= 15 is 0 Å². The van der Waals surface area contributed by atoms with Gasteiger partial charge in [-0.2, -0.15) is 0 Å². The Labute approximate surface area is 73.6 Å². The van der Waals surface area contributed by atoms with Crippen molar-refractivity contribution < 1.29 is 0 Å². The molecular weight excluding hydrogens is 148 g/mol. The van der Waals surface area contributed by atoms with Crippen LogP contribution in [0.5, 0.6) is 0 Å². The summed E-state index contributed by atoms with van der Waals surface area (Å²) < 4.78 is 0. The Balaban J connectivity index is 3.26. The molecule has 2 nitrogen and oxygen atoms in total. The van der Waals surface area contributed by atoms with Crippen LogP contribution in [-0.4, -0.2) is 0 Å². The van der Waals surface area contributed by atoms with E-state index in [0.29, 0.717) is 11.4 Å². The molecule has 0 unspecified atom stereocenters. The third-order valence-corrected chi connectivity index (χ3v) is 1.95. The van der Waals surface area contributed by atoms with E-state index in [1.54, 1.807) is 0 Å². The molecule has 0 bridgehead atoms. The number of nitrogens with two attached hydrogens (primary N) is 2. The molecule has 0 aliphatic carbocycles. The molecule has 0 amide bonds. The van der Waals surface area contributed by atoms with Crippen LogP contribution in [0.25, 0.3) is 0 Å². The van der Waals surface area contributed by atoms with E-state index < -0.39 is 0 Å². The van der Waals surface area contributed by atoms with E-state index in [-0.39, 0.29) is 5.41 Å². The summed E-state index contributed by atoms with van der Waals surface area (Å²) in [5.74, 6) is 0. The summed E-state index contributed by atoms with van der Waals surface area (Å²) in [4.78, 5) is 0. The highest BCUT2D eigenvalue weighted by Crippen LogP contribution is 2.30. The second kappa shape index (κ2) is 2.70. The van der Waals surface area contributed by atoms with E-state index in [1.807, 2.05) is 18.2 Å². The summed E-state index contributed by atoms with van der Waals surface area (Å²) in [5.41, 5.74) is 14.1. The number of hydrogen-bond acceptors (Lipinski definition) is 2. The lowest BCUT2D eigenvalue weighted by Gasteiger charge is -2.21. The van der Waals surface area contributed by atoms with Crippen molar-refractivity contribution in [2.75, 3.05) is 11.5 Å². The van der Waals surface area contributed by atoms with Crippen LogP contribution < -0.4 is 11.5 Å². The van der Waals surface area contributed by atoms with Crippen molar-refractivity contribution in [2.24, 2.45) is 0 Å². The van der Waals surface area contributed by atoms with Crippen LogP contribution in [0.4, 0.5) is 11.4 Å². The van der Waals surface area contributed by atoms with Crippen molar-refractivity contribution in [1.29, 1.82) is 0 Å². The van der Waals surface area contributed by atoms with Gasteiger partial charge < -0.3 is 11.5 Å². The van der Waals surface area contributed by atoms with E-state index in [1.165, 1.54) is 0 Å². The standard InChI is InChI=1S/C10H16N2/c1-10(2,3)7-5-4-6-8(11)9(7)12/h4-6H,11-12H2,1-3H3. The average molecular weight is 164 g/mol. The fourth-order valence-electron chi connectivity index (χ4n) is 1.24. The summed E-state index contributed by atoms with van der Waals surface area (Å²) in [6.07, 6.45) is 0. The summed E-state index contributed by atoms with van der Waals surface area (Å²) in [7, 11) is 0. The van der Waals surface area contributed by atoms with Crippen LogP contribution in [0.1, 0.15) is 26.3 Å². The van der Waals surface area contributed by atoms with Gasteiger partial charge in [0.2, 0.25) is 0 Å². The molecule has 0 aliphatic heterocycles.